The molecule has 1 aliphatic carbocycles. The molecule has 1 aliphatic heterocycles. The lowest BCUT2D eigenvalue weighted by atomic mass is 10.1. The van der Waals surface area contributed by atoms with E-state index in [9.17, 15) is 0 Å². The molecular formula is C11H21N3. The van der Waals surface area contributed by atoms with E-state index in [1.54, 1.807) is 0 Å². The zero-order chi connectivity index (χ0) is 9.80. The lowest BCUT2D eigenvalue weighted by Gasteiger charge is -2.25. The predicted molar refractivity (Wildman–Crippen MR) is 59.3 cm³/mol. The van der Waals surface area contributed by atoms with Crippen molar-refractivity contribution in [3.8, 4) is 0 Å². The largest absolute Gasteiger partial charge is 0.370 e. The number of nitrogens with two attached hydrogens (primary N) is 1. The van der Waals surface area contributed by atoms with Gasteiger partial charge < -0.3 is 10.6 Å². The van der Waals surface area contributed by atoms with E-state index in [1.165, 1.54) is 44.9 Å². The van der Waals surface area contributed by atoms with E-state index in [1.807, 2.05) is 0 Å². The number of rotatable bonds is 1. The zero-order valence-electron chi connectivity index (χ0n) is 8.91. The third kappa shape index (κ3) is 2.89. The van der Waals surface area contributed by atoms with Crippen molar-refractivity contribution in [1.82, 2.24) is 4.90 Å². The molecule has 0 radical (unpaired) electrons. The van der Waals surface area contributed by atoms with Crippen molar-refractivity contribution in [2.75, 3.05) is 13.1 Å². The SMILES string of the molecule is NC(=NC1CC1)N1CCCCCCC1. The highest BCUT2D eigenvalue weighted by molar-refractivity contribution is 5.78. The molecule has 0 aromatic rings. The number of guanidine groups is 1. The number of likely N-dealkylation sites (tertiary alicyclic amines) is 1. The molecule has 0 unspecified atom stereocenters. The highest BCUT2D eigenvalue weighted by Gasteiger charge is 2.21. The van der Waals surface area contributed by atoms with Gasteiger partial charge in [0.2, 0.25) is 0 Å². The molecule has 2 N–H and O–H groups in total. The Morgan fingerprint density at radius 1 is 1.00 bits per heavy atom. The Morgan fingerprint density at radius 2 is 1.57 bits per heavy atom. The van der Waals surface area contributed by atoms with Gasteiger partial charge in [0.05, 0.1) is 6.04 Å². The fourth-order valence-corrected chi connectivity index (χ4v) is 1.95. The van der Waals surface area contributed by atoms with Crippen molar-refractivity contribution >= 4 is 5.96 Å². The molecule has 0 amide bonds. The molecule has 2 fully saturated rings. The van der Waals surface area contributed by atoms with Crippen LogP contribution in [0.1, 0.15) is 44.9 Å². The quantitative estimate of drug-likeness (QED) is 0.511. The lowest BCUT2D eigenvalue weighted by Crippen LogP contribution is -2.39. The smallest absolute Gasteiger partial charge is 0.191 e. The van der Waals surface area contributed by atoms with E-state index < -0.39 is 0 Å². The van der Waals surface area contributed by atoms with Gasteiger partial charge in [0, 0.05) is 13.1 Å². The van der Waals surface area contributed by atoms with Gasteiger partial charge in [-0.1, -0.05) is 19.3 Å². The van der Waals surface area contributed by atoms with Crippen LogP contribution in [0.4, 0.5) is 0 Å². The van der Waals surface area contributed by atoms with Crippen molar-refractivity contribution < 1.29 is 0 Å². The first-order chi connectivity index (χ1) is 6.86. The van der Waals surface area contributed by atoms with Crippen molar-refractivity contribution in [2.45, 2.75) is 51.0 Å². The monoisotopic (exact) mass is 195 g/mol. The topological polar surface area (TPSA) is 41.6 Å². The number of hydrogen-bond acceptors (Lipinski definition) is 1. The van der Waals surface area contributed by atoms with Crippen molar-refractivity contribution in [1.29, 1.82) is 0 Å². The minimum atomic E-state index is 0.556. The summed E-state index contributed by atoms with van der Waals surface area (Å²) in [7, 11) is 0. The number of hydrogen-bond donors (Lipinski definition) is 1. The summed E-state index contributed by atoms with van der Waals surface area (Å²) in [6.45, 7) is 2.23. The van der Waals surface area contributed by atoms with Crippen LogP contribution in [0.25, 0.3) is 0 Å². The first-order valence-electron chi connectivity index (χ1n) is 5.94. The van der Waals surface area contributed by atoms with Crippen LogP contribution >= 0.6 is 0 Å². The molecule has 80 valence electrons. The third-order valence-electron chi connectivity index (χ3n) is 3.04. The van der Waals surface area contributed by atoms with Gasteiger partial charge in [-0.2, -0.15) is 0 Å². The Balaban J connectivity index is 1.85. The second-order valence-electron chi connectivity index (χ2n) is 4.47. The molecule has 0 bridgehead atoms. The van der Waals surface area contributed by atoms with E-state index >= 15 is 0 Å². The van der Waals surface area contributed by atoms with E-state index in [2.05, 4.69) is 9.89 Å². The number of nitrogens with zero attached hydrogens (tertiary/aromatic N) is 2. The normalized spacial score (nSPS) is 25.7. The summed E-state index contributed by atoms with van der Waals surface area (Å²) in [4.78, 5) is 6.78. The highest BCUT2D eigenvalue weighted by atomic mass is 15.3. The average molecular weight is 195 g/mol. The maximum atomic E-state index is 5.99. The average Bonchev–Trinajstić information content (AvgIpc) is 2.86. The zero-order valence-corrected chi connectivity index (χ0v) is 8.91. The predicted octanol–water partition coefficient (Wildman–Crippen LogP) is 1.73. The molecule has 14 heavy (non-hydrogen) atoms. The molecular weight excluding hydrogens is 174 g/mol. The molecule has 2 aliphatic rings. The summed E-state index contributed by atoms with van der Waals surface area (Å²) in [5.41, 5.74) is 5.99. The Bertz CT molecular complexity index is 201. The van der Waals surface area contributed by atoms with Crippen LogP contribution in [-0.2, 0) is 0 Å². The van der Waals surface area contributed by atoms with Gasteiger partial charge in [-0.25, -0.2) is 4.99 Å². The second kappa shape index (κ2) is 4.67. The lowest BCUT2D eigenvalue weighted by molar-refractivity contribution is 0.358. The van der Waals surface area contributed by atoms with Crippen LogP contribution < -0.4 is 5.73 Å². The van der Waals surface area contributed by atoms with Gasteiger partial charge in [-0.15, -0.1) is 0 Å². The maximum absolute atomic E-state index is 5.99. The Hall–Kier alpha value is -0.730. The summed E-state index contributed by atoms with van der Waals surface area (Å²) >= 11 is 0. The highest BCUT2D eigenvalue weighted by Crippen LogP contribution is 2.23. The summed E-state index contributed by atoms with van der Waals surface area (Å²) in [5, 5.41) is 0. The number of aliphatic imine (C=N–C) groups is 1. The van der Waals surface area contributed by atoms with Crippen LogP contribution in [0.15, 0.2) is 4.99 Å². The summed E-state index contributed by atoms with van der Waals surface area (Å²) < 4.78 is 0. The van der Waals surface area contributed by atoms with Crippen molar-refractivity contribution in [3.63, 3.8) is 0 Å². The van der Waals surface area contributed by atoms with E-state index in [0.717, 1.165) is 19.0 Å². The molecule has 3 nitrogen and oxygen atoms in total. The molecule has 1 saturated heterocycles. The molecule has 2 rings (SSSR count). The first-order valence-corrected chi connectivity index (χ1v) is 5.94. The van der Waals surface area contributed by atoms with Crippen LogP contribution in [-0.4, -0.2) is 30.0 Å². The first kappa shape index (κ1) is 9.81. The van der Waals surface area contributed by atoms with Crippen molar-refractivity contribution in [3.05, 3.63) is 0 Å². The van der Waals surface area contributed by atoms with Crippen molar-refractivity contribution in [2.24, 2.45) is 10.7 Å². The Kier molecular flexibility index (Phi) is 3.27. The van der Waals surface area contributed by atoms with Crippen LogP contribution in [0.5, 0.6) is 0 Å². The van der Waals surface area contributed by atoms with Crippen LogP contribution in [0.3, 0.4) is 0 Å². The van der Waals surface area contributed by atoms with E-state index in [-0.39, 0.29) is 0 Å². The van der Waals surface area contributed by atoms with Gasteiger partial charge in [0.15, 0.2) is 5.96 Å². The Morgan fingerprint density at radius 3 is 2.14 bits per heavy atom. The van der Waals surface area contributed by atoms with Gasteiger partial charge in [-0.05, 0) is 25.7 Å². The minimum Gasteiger partial charge on any atom is -0.370 e. The molecule has 0 atom stereocenters. The fraction of sp³-hybridized carbons (Fsp3) is 0.909. The molecule has 0 aromatic carbocycles. The second-order valence-corrected chi connectivity index (χ2v) is 4.47. The van der Waals surface area contributed by atoms with E-state index in [0.29, 0.717) is 6.04 Å². The maximum Gasteiger partial charge on any atom is 0.191 e. The molecule has 0 aromatic heterocycles. The summed E-state index contributed by atoms with van der Waals surface area (Å²) in [6, 6.07) is 0.556. The fourth-order valence-electron chi connectivity index (χ4n) is 1.95. The molecule has 1 heterocycles. The van der Waals surface area contributed by atoms with Crippen LogP contribution in [0.2, 0.25) is 0 Å². The van der Waals surface area contributed by atoms with Crippen LogP contribution in [0, 0.1) is 0 Å². The minimum absolute atomic E-state index is 0.556. The van der Waals surface area contributed by atoms with Gasteiger partial charge >= 0.3 is 0 Å². The third-order valence-corrected chi connectivity index (χ3v) is 3.04. The van der Waals surface area contributed by atoms with Gasteiger partial charge in [0.1, 0.15) is 0 Å². The Labute approximate surface area is 86.4 Å². The van der Waals surface area contributed by atoms with Gasteiger partial charge in [-0.3, -0.25) is 0 Å². The summed E-state index contributed by atoms with van der Waals surface area (Å²) in [5.74, 6) is 0.800. The standard InChI is InChI=1S/C11H21N3/c12-11(13-10-6-7-10)14-8-4-2-1-3-5-9-14/h10H,1-9H2,(H2,12,13). The molecule has 3 heteroatoms. The molecule has 1 saturated carbocycles. The summed E-state index contributed by atoms with van der Waals surface area (Å²) in [6.07, 6.45) is 9.15. The molecule has 0 spiro atoms. The van der Waals surface area contributed by atoms with E-state index in [4.69, 9.17) is 5.73 Å². The van der Waals surface area contributed by atoms with Gasteiger partial charge in [0.25, 0.3) is 0 Å².